The molecule has 2 heterocycles. The molecule has 2 rings (SSSR count). The molecular weight excluding hydrogens is 242 g/mol. The zero-order valence-electron chi connectivity index (χ0n) is 12.2. The van der Waals surface area contributed by atoms with Gasteiger partial charge >= 0.3 is 0 Å². The van der Waals surface area contributed by atoms with Crippen LogP contribution in [0.25, 0.3) is 0 Å². The number of hydrogen-bond acceptors (Lipinski definition) is 5. The number of aliphatic hydroxyl groups is 1. The average molecular weight is 267 g/mol. The van der Waals surface area contributed by atoms with Crippen LogP contribution in [0.5, 0.6) is 0 Å². The molecule has 5 heteroatoms. The Labute approximate surface area is 115 Å². The van der Waals surface area contributed by atoms with Gasteiger partial charge in [0.1, 0.15) is 0 Å². The van der Waals surface area contributed by atoms with Crippen LogP contribution >= 0.6 is 0 Å². The second-order valence-electron chi connectivity index (χ2n) is 6.33. The van der Waals surface area contributed by atoms with Crippen LogP contribution in [0.1, 0.15) is 51.7 Å². The zero-order valence-corrected chi connectivity index (χ0v) is 12.2. The highest BCUT2D eigenvalue weighted by molar-refractivity contribution is 4.88. The molecule has 1 saturated heterocycles. The Balaban J connectivity index is 1.88. The normalized spacial score (nSPS) is 25.7. The predicted octanol–water partition coefficient (Wildman–Crippen LogP) is 2.00. The summed E-state index contributed by atoms with van der Waals surface area (Å²) in [6.45, 7) is 8.78. The van der Waals surface area contributed by atoms with Crippen molar-refractivity contribution in [1.82, 2.24) is 15.0 Å². The highest BCUT2D eigenvalue weighted by atomic mass is 16.5. The van der Waals surface area contributed by atoms with Gasteiger partial charge in [0.25, 0.3) is 0 Å². The van der Waals surface area contributed by atoms with Crippen LogP contribution in [-0.4, -0.2) is 38.8 Å². The molecule has 1 aliphatic heterocycles. The van der Waals surface area contributed by atoms with Gasteiger partial charge in [-0.2, -0.15) is 4.98 Å². The Hall–Kier alpha value is -0.940. The molecule has 1 fully saturated rings. The van der Waals surface area contributed by atoms with Gasteiger partial charge in [0.15, 0.2) is 5.82 Å². The Morgan fingerprint density at radius 1 is 1.37 bits per heavy atom. The quantitative estimate of drug-likeness (QED) is 0.904. The number of aromatic nitrogens is 2. The van der Waals surface area contributed by atoms with Crippen molar-refractivity contribution in [3.05, 3.63) is 11.7 Å². The van der Waals surface area contributed by atoms with Crippen molar-refractivity contribution in [3.63, 3.8) is 0 Å². The highest BCUT2D eigenvalue weighted by Crippen LogP contribution is 2.22. The third-order valence-corrected chi connectivity index (χ3v) is 3.62. The summed E-state index contributed by atoms with van der Waals surface area (Å²) in [5, 5.41) is 14.1. The van der Waals surface area contributed by atoms with E-state index in [0.717, 1.165) is 44.6 Å². The van der Waals surface area contributed by atoms with E-state index in [-0.39, 0.29) is 0 Å². The molecule has 5 nitrogen and oxygen atoms in total. The van der Waals surface area contributed by atoms with Gasteiger partial charge in [-0.1, -0.05) is 19.0 Å². The number of rotatable bonds is 4. The molecule has 1 N–H and O–H groups in total. The lowest BCUT2D eigenvalue weighted by molar-refractivity contribution is 0.0440. The lowest BCUT2D eigenvalue weighted by Crippen LogP contribution is -2.28. The first-order valence-corrected chi connectivity index (χ1v) is 7.21. The first-order chi connectivity index (χ1) is 8.94. The van der Waals surface area contributed by atoms with Crippen LogP contribution in [0.2, 0.25) is 0 Å². The van der Waals surface area contributed by atoms with Gasteiger partial charge < -0.3 is 9.63 Å². The van der Waals surface area contributed by atoms with E-state index in [2.05, 4.69) is 28.9 Å². The van der Waals surface area contributed by atoms with Crippen molar-refractivity contribution in [2.75, 3.05) is 13.1 Å². The Kier molecular flexibility index (Phi) is 4.58. The molecule has 0 spiro atoms. The molecule has 0 aromatic carbocycles. The van der Waals surface area contributed by atoms with E-state index < -0.39 is 5.60 Å². The lowest BCUT2D eigenvalue weighted by atomic mass is 9.98. The molecule has 19 heavy (non-hydrogen) atoms. The number of nitrogens with zero attached hydrogens (tertiary/aromatic N) is 3. The van der Waals surface area contributed by atoms with Crippen molar-refractivity contribution < 1.29 is 9.63 Å². The average Bonchev–Trinajstić information content (AvgIpc) is 2.64. The van der Waals surface area contributed by atoms with E-state index >= 15 is 0 Å². The third-order valence-electron chi connectivity index (χ3n) is 3.62. The molecule has 1 unspecified atom stereocenters. The summed E-state index contributed by atoms with van der Waals surface area (Å²) in [5.41, 5.74) is -0.521. The Bertz CT molecular complexity index is 401. The molecule has 0 amide bonds. The topological polar surface area (TPSA) is 62.4 Å². The first-order valence-electron chi connectivity index (χ1n) is 7.21. The summed E-state index contributed by atoms with van der Waals surface area (Å²) in [5.74, 6) is 2.03. The summed E-state index contributed by atoms with van der Waals surface area (Å²) < 4.78 is 5.30. The van der Waals surface area contributed by atoms with Crippen LogP contribution in [0.15, 0.2) is 4.52 Å². The van der Waals surface area contributed by atoms with Gasteiger partial charge in [0.05, 0.1) is 12.1 Å². The number of hydrogen-bond donors (Lipinski definition) is 1. The van der Waals surface area contributed by atoms with Crippen molar-refractivity contribution >= 4 is 0 Å². The van der Waals surface area contributed by atoms with Gasteiger partial charge in [0, 0.05) is 13.0 Å². The standard InChI is InChI=1S/C14H25N3O2/c1-11(2)9-12-15-13(19-16-12)10-17-7-4-5-14(3,18)6-8-17/h11,18H,4-10H2,1-3H3. The van der Waals surface area contributed by atoms with Gasteiger partial charge in [-0.3, -0.25) is 4.90 Å². The zero-order chi connectivity index (χ0) is 13.9. The molecule has 0 saturated carbocycles. The van der Waals surface area contributed by atoms with Crippen LogP contribution in [-0.2, 0) is 13.0 Å². The second kappa shape index (κ2) is 6.01. The summed E-state index contributed by atoms with van der Waals surface area (Å²) in [6, 6.07) is 0. The molecule has 0 aliphatic carbocycles. The van der Waals surface area contributed by atoms with Crippen molar-refractivity contribution in [2.24, 2.45) is 5.92 Å². The first kappa shape index (κ1) is 14.5. The van der Waals surface area contributed by atoms with Crippen molar-refractivity contribution in [3.8, 4) is 0 Å². The molecule has 0 radical (unpaired) electrons. The fraction of sp³-hybridized carbons (Fsp3) is 0.857. The van der Waals surface area contributed by atoms with Crippen LogP contribution in [0.4, 0.5) is 0 Å². The fourth-order valence-electron chi connectivity index (χ4n) is 2.47. The van der Waals surface area contributed by atoms with E-state index in [0.29, 0.717) is 18.4 Å². The largest absolute Gasteiger partial charge is 0.390 e. The van der Waals surface area contributed by atoms with Gasteiger partial charge in [-0.15, -0.1) is 0 Å². The fourth-order valence-corrected chi connectivity index (χ4v) is 2.47. The lowest BCUT2D eigenvalue weighted by Gasteiger charge is -2.21. The van der Waals surface area contributed by atoms with E-state index in [4.69, 9.17) is 4.52 Å². The summed E-state index contributed by atoms with van der Waals surface area (Å²) in [7, 11) is 0. The Morgan fingerprint density at radius 3 is 2.89 bits per heavy atom. The molecule has 1 aromatic heterocycles. The second-order valence-corrected chi connectivity index (χ2v) is 6.33. The molecule has 1 atom stereocenters. The van der Waals surface area contributed by atoms with Crippen molar-refractivity contribution in [2.45, 2.75) is 58.6 Å². The highest BCUT2D eigenvalue weighted by Gasteiger charge is 2.25. The summed E-state index contributed by atoms with van der Waals surface area (Å²) in [6.07, 6.45) is 3.55. The molecule has 1 aromatic rings. The maximum Gasteiger partial charge on any atom is 0.240 e. The van der Waals surface area contributed by atoms with E-state index in [1.54, 1.807) is 0 Å². The maximum absolute atomic E-state index is 10.1. The summed E-state index contributed by atoms with van der Waals surface area (Å²) in [4.78, 5) is 6.72. The van der Waals surface area contributed by atoms with E-state index in [9.17, 15) is 5.11 Å². The van der Waals surface area contributed by atoms with Crippen LogP contribution < -0.4 is 0 Å². The monoisotopic (exact) mass is 267 g/mol. The van der Waals surface area contributed by atoms with E-state index in [1.165, 1.54) is 0 Å². The molecular formula is C14H25N3O2. The molecule has 1 aliphatic rings. The summed E-state index contributed by atoms with van der Waals surface area (Å²) >= 11 is 0. The molecule has 0 bridgehead atoms. The van der Waals surface area contributed by atoms with E-state index in [1.807, 2.05) is 6.92 Å². The minimum atomic E-state index is -0.521. The Morgan fingerprint density at radius 2 is 2.16 bits per heavy atom. The maximum atomic E-state index is 10.1. The predicted molar refractivity (Wildman–Crippen MR) is 72.6 cm³/mol. The third kappa shape index (κ3) is 4.58. The number of likely N-dealkylation sites (tertiary alicyclic amines) is 1. The van der Waals surface area contributed by atoms with Crippen LogP contribution in [0.3, 0.4) is 0 Å². The van der Waals surface area contributed by atoms with Gasteiger partial charge in [-0.25, -0.2) is 0 Å². The minimum Gasteiger partial charge on any atom is -0.390 e. The van der Waals surface area contributed by atoms with Gasteiger partial charge in [-0.05, 0) is 38.6 Å². The van der Waals surface area contributed by atoms with Gasteiger partial charge in [0.2, 0.25) is 5.89 Å². The van der Waals surface area contributed by atoms with Crippen LogP contribution in [0, 0.1) is 5.92 Å². The smallest absolute Gasteiger partial charge is 0.240 e. The minimum absolute atomic E-state index is 0.521. The SMILES string of the molecule is CC(C)Cc1noc(CN2CCCC(C)(O)CC2)n1. The van der Waals surface area contributed by atoms with Crippen molar-refractivity contribution in [1.29, 1.82) is 0 Å². The molecule has 108 valence electrons.